The first-order chi connectivity index (χ1) is 13.0. The Hall–Kier alpha value is -2.28. The predicted octanol–water partition coefficient (Wildman–Crippen LogP) is 5.97. The van der Waals surface area contributed by atoms with Crippen LogP contribution in [0.2, 0.25) is 10.0 Å². The second kappa shape index (κ2) is 8.61. The summed E-state index contributed by atoms with van der Waals surface area (Å²) in [5.74, 6) is 1.32. The van der Waals surface area contributed by atoms with Gasteiger partial charge in [0.1, 0.15) is 0 Å². The van der Waals surface area contributed by atoms with Crippen LogP contribution in [0.15, 0.2) is 46.9 Å². The summed E-state index contributed by atoms with van der Waals surface area (Å²) in [5, 5.41) is 8.13. The van der Waals surface area contributed by atoms with Gasteiger partial charge >= 0.3 is 0 Å². The molecule has 140 valence electrons. The van der Waals surface area contributed by atoms with Crippen molar-refractivity contribution in [3.05, 3.63) is 57.4 Å². The van der Waals surface area contributed by atoms with Crippen LogP contribution >= 0.6 is 34.5 Å². The molecule has 27 heavy (non-hydrogen) atoms. The van der Waals surface area contributed by atoms with Crippen molar-refractivity contribution in [2.75, 3.05) is 19.6 Å². The molecule has 1 aromatic heterocycles. The van der Waals surface area contributed by atoms with E-state index in [1.807, 2.05) is 36.6 Å². The number of nitrogens with one attached hydrogen (secondary N) is 1. The number of anilines is 1. The molecule has 0 bridgehead atoms. The summed E-state index contributed by atoms with van der Waals surface area (Å²) in [6.07, 6.45) is 0. The number of halogens is 2. The highest BCUT2D eigenvalue weighted by atomic mass is 35.5. The largest absolute Gasteiger partial charge is 0.493 e. The first-order valence-electron chi connectivity index (χ1n) is 7.95. The Bertz CT molecular complexity index is 989. The minimum Gasteiger partial charge on any atom is -0.493 e. The van der Waals surface area contributed by atoms with Gasteiger partial charge in [-0.25, -0.2) is 4.98 Å². The van der Waals surface area contributed by atoms with Crippen LogP contribution in [0.4, 0.5) is 5.13 Å². The normalized spacial score (nSPS) is 11.4. The van der Waals surface area contributed by atoms with E-state index in [1.165, 1.54) is 11.3 Å². The molecule has 1 N–H and O–H groups in total. The molecule has 0 radical (unpaired) electrons. The quantitative estimate of drug-likeness (QED) is 0.393. The molecule has 5 nitrogen and oxygen atoms in total. The number of aromatic nitrogens is 1. The zero-order valence-electron chi connectivity index (χ0n) is 14.9. The molecule has 0 saturated heterocycles. The molecular weight excluding hydrogens is 405 g/mol. The third-order valence-electron chi connectivity index (χ3n) is 3.83. The molecule has 0 aliphatic rings. The van der Waals surface area contributed by atoms with Gasteiger partial charge in [0.15, 0.2) is 11.5 Å². The van der Waals surface area contributed by atoms with Crippen molar-refractivity contribution < 1.29 is 9.47 Å². The highest BCUT2D eigenvalue weighted by Crippen LogP contribution is 2.32. The summed E-state index contributed by atoms with van der Waals surface area (Å²) in [6, 6.07) is 11.0. The summed E-state index contributed by atoms with van der Waals surface area (Å²) in [5.41, 5.74) is 6.28. The number of thiazole rings is 1. The maximum Gasteiger partial charge on any atom is 0.203 e. The zero-order valence-corrected chi connectivity index (χ0v) is 17.2. The summed E-state index contributed by atoms with van der Waals surface area (Å²) >= 11 is 13.6. The van der Waals surface area contributed by atoms with E-state index < -0.39 is 0 Å². The van der Waals surface area contributed by atoms with Gasteiger partial charge in [0, 0.05) is 21.5 Å². The number of hydrogen-bond acceptors (Lipinski definition) is 6. The summed E-state index contributed by atoms with van der Waals surface area (Å²) < 4.78 is 10.6. The average Bonchev–Trinajstić information content (AvgIpc) is 3.14. The number of benzene rings is 2. The van der Waals surface area contributed by atoms with Gasteiger partial charge in [-0.05, 0) is 43.3 Å². The van der Waals surface area contributed by atoms with Crippen molar-refractivity contribution in [3.63, 3.8) is 0 Å². The molecule has 3 aromatic rings. The van der Waals surface area contributed by atoms with E-state index >= 15 is 0 Å². The first kappa shape index (κ1) is 19.5. The van der Waals surface area contributed by atoms with Gasteiger partial charge in [-0.2, -0.15) is 5.10 Å². The molecule has 0 atom stereocenters. The average molecular weight is 422 g/mol. The lowest BCUT2D eigenvalue weighted by Crippen LogP contribution is -2.01. The maximum absolute atomic E-state index is 6.24. The molecule has 2 aromatic carbocycles. The van der Waals surface area contributed by atoms with E-state index in [1.54, 1.807) is 26.4 Å². The zero-order chi connectivity index (χ0) is 19.4. The van der Waals surface area contributed by atoms with E-state index in [9.17, 15) is 0 Å². The standard InChI is InChI=1S/C19H17Cl2N3O2S/c1-11(12-4-7-17(25-2)18(8-12)26-3)23-24-19-22-16(10-27-19)14-6-5-13(20)9-15(14)21/h4-10H,1-3H3,(H,22,24)/b23-11+. The van der Waals surface area contributed by atoms with Crippen molar-refractivity contribution >= 4 is 45.4 Å². The fourth-order valence-corrected chi connectivity index (χ4v) is 3.56. The molecule has 0 aliphatic carbocycles. The lowest BCUT2D eigenvalue weighted by atomic mass is 10.1. The molecule has 0 unspecified atom stereocenters. The highest BCUT2D eigenvalue weighted by molar-refractivity contribution is 7.14. The van der Waals surface area contributed by atoms with Gasteiger partial charge in [-0.1, -0.05) is 23.2 Å². The van der Waals surface area contributed by atoms with Gasteiger partial charge in [0.2, 0.25) is 5.13 Å². The number of hydrogen-bond donors (Lipinski definition) is 1. The Labute approximate surface area is 171 Å². The summed E-state index contributed by atoms with van der Waals surface area (Å²) in [7, 11) is 3.21. The second-order valence-corrected chi connectivity index (χ2v) is 7.24. The molecule has 0 spiro atoms. The van der Waals surface area contributed by atoms with Crippen LogP contribution in [0, 0.1) is 0 Å². The van der Waals surface area contributed by atoms with Crippen molar-refractivity contribution in [2.45, 2.75) is 6.92 Å². The van der Waals surface area contributed by atoms with Gasteiger partial charge in [-0.15, -0.1) is 11.3 Å². The van der Waals surface area contributed by atoms with Gasteiger partial charge < -0.3 is 9.47 Å². The lowest BCUT2D eigenvalue weighted by molar-refractivity contribution is 0.355. The number of ether oxygens (including phenoxy) is 2. The highest BCUT2D eigenvalue weighted by Gasteiger charge is 2.10. The van der Waals surface area contributed by atoms with Crippen LogP contribution in [-0.2, 0) is 0 Å². The molecule has 0 amide bonds. The first-order valence-corrected chi connectivity index (χ1v) is 9.59. The van der Waals surface area contributed by atoms with Crippen molar-refractivity contribution in [1.82, 2.24) is 4.98 Å². The van der Waals surface area contributed by atoms with Crippen LogP contribution in [0.25, 0.3) is 11.3 Å². The number of hydrazone groups is 1. The number of methoxy groups -OCH3 is 2. The van der Waals surface area contributed by atoms with E-state index in [0.717, 1.165) is 22.5 Å². The van der Waals surface area contributed by atoms with Gasteiger partial charge in [0.05, 0.1) is 30.6 Å². The second-order valence-electron chi connectivity index (χ2n) is 5.54. The Morgan fingerprint density at radius 2 is 1.85 bits per heavy atom. The monoisotopic (exact) mass is 421 g/mol. The topological polar surface area (TPSA) is 55.7 Å². The number of nitrogens with zero attached hydrogens (tertiary/aromatic N) is 2. The molecule has 8 heteroatoms. The van der Waals surface area contributed by atoms with Crippen molar-refractivity contribution in [3.8, 4) is 22.8 Å². The molecular formula is C19H17Cl2N3O2S. The van der Waals surface area contributed by atoms with E-state index in [4.69, 9.17) is 32.7 Å². The van der Waals surface area contributed by atoms with Crippen molar-refractivity contribution in [1.29, 1.82) is 0 Å². The molecule has 3 rings (SSSR count). The summed E-state index contributed by atoms with van der Waals surface area (Å²) in [6.45, 7) is 1.90. The Morgan fingerprint density at radius 1 is 1.07 bits per heavy atom. The van der Waals surface area contributed by atoms with Crippen LogP contribution in [0.1, 0.15) is 12.5 Å². The fraction of sp³-hybridized carbons (Fsp3) is 0.158. The SMILES string of the molecule is COc1ccc(/C(C)=N/Nc2nc(-c3ccc(Cl)cc3Cl)cs2)cc1OC. The Balaban J connectivity index is 1.77. The van der Waals surface area contributed by atoms with Gasteiger partial charge in [0.25, 0.3) is 0 Å². The van der Waals surface area contributed by atoms with E-state index in [-0.39, 0.29) is 0 Å². The molecule has 1 heterocycles. The van der Waals surface area contributed by atoms with Gasteiger partial charge in [-0.3, -0.25) is 5.43 Å². The fourth-order valence-electron chi connectivity index (χ4n) is 2.40. The minimum absolute atomic E-state index is 0.560. The third kappa shape index (κ3) is 4.53. The molecule has 0 fully saturated rings. The lowest BCUT2D eigenvalue weighted by Gasteiger charge is -2.09. The van der Waals surface area contributed by atoms with Crippen LogP contribution in [0.5, 0.6) is 11.5 Å². The molecule has 0 aliphatic heterocycles. The van der Waals surface area contributed by atoms with E-state index in [0.29, 0.717) is 26.7 Å². The van der Waals surface area contributed by atoms with E-state index in [2.05, 4.69) is 15.5 Å². The third-order valence-corrected chi connectivity index (χ3v) is 5.13. The predicted molar refractivity (Wildman–Crippen MR) is 113 cm³/mol. The molecule has 0 saturated carbocycles. The smallest absolute Gasteiger partial charge is 0.203 e. The van der Waals surface area contributed by atoms with Crippen LogP contribution in [0.3, 0.4) is 0 Å². The number of rotatable bonds is 6. The maximum atomic E-state index is 6.24. The summed E-state index contributed by atoms with van der Waals surface area (Å²) in [4.78, 5) is 4.53. The van der Waals surface area contributed by atoms with Crippen LogP contribution < -0.4 is 14.9 Å². The Kier molecular flexibility index (Phi) is 6.21. The van der Waals surface area contributed by atoms with Crippen molar-refractivity contribution in [2.24, 2.45) is 5.10 Å². The minimum atomic E-state index is 0.560. The van der Waals surface area contributed by atoms with Crippen LogP contribution in [-0.4, -0.2) is 24.9 Å². The Morgan fingerprint density at radius 3 is 2.56 bits per heavy atom.